The van der Waals surface area contributed by atoms with Crippen molar-refractivity contribution in [3.8, 4) is 0 Å². The Morgan fingerprint density at radius 2 is 2.06 bits per heavy atom. The Morgan fingerprint density at radius 3 is 2.53 bits per heavy atom. The highest BCUT2D eigenvalue weighted by Crippen LogP contribution is 2.28. The van der Waals surface area contributed by atoms with Crippen LogP contribution < -0.4 is 5.73 Å². The summed E-state index contributed by atoms with van der Waals surface area (Å²) in [6.07, 6.45) is 2.21. The van der Waals surface area contributed by atoms with Crippen molar-refractivity contribution in [2.75, 3.05) is 6.54 Å². The molecule has 0 bridgehead atoms. The van der Waals surface area contributed by atoms with Gasteiger partial charge in [-0.3, -0.25) is 15.1 Å². The van der Waals surface area contributed by atoms with E-state index in [4.69, 9.17) is 5.73 Å². The molecule has 1 aromatic heterocycles. The van der Waals surface area contributed by atoms with Crippen LogP contribution in [0.1, 0.15) is 30.7 Å². The number of nitrogens with two attached hydrogens (primary N) is 1. The Balaban J connectivity index is 3.20. The molecule has 0 aliphatic carbocycles. The van der Waals surface area contributed by atoms with E-state index in [9.17, 15) is 10.1 Å². The van der Waals surface area contributed by atoms with Crippen LogP contribution in [0.3, 0.4) is 0 Å². The molecule has 0 aromatic carbocycles. The van der Waals surface area contributed by atoms with E-state index in [0.29, 0.717) is 24.1 Å². The minimum Gasteiger partial charge on any atom is -0.330 e. The average molecular weight is 237 g/mol. The molecule has 0 radical (unpaired) electrons. The van der Waals surface area contributed by atoms with Crippen molar-refractivity contribution in [2.45, 2.75) is 34.1 Å². The van der Waals surface area contributed by atoms with Gasteiger partial charge in [-0.25, -0.2) is 0 Å². The molecule has 0 aliphatic heterocycles. The largest absolute Gasteiger partial charge is 0.330 e. The van der Waals surface area contributed by atoms with Crippen LogP contribution in [0.4, 0.5) is 5.69 Å². The quantitative estimate of drug-likeness (QED) is 0.642. The first-order valence-corrected chi connectivity index (χ1v) is 5.58. The van der Waals surface area contributed by atoms with Crippen molar-refractivity contribution in [3.05, 3.63) is 33.1 Å². The van der Waals surface area contributed by atoms with Gasteiger partial charge in [0.1, 0.15) is 0 Å². The van der Waals surface area contributed by atoms with Crippen LogP contribution >= 0.6 is 0 Å². The maximum Gasteiger partial charge on any atom is 0.278 e. The molecule has 0 aliphatic rings. The molecule has 0 saturated heterocycles. The number of aryl methyl sites for hydroxylation is 1. The van der Waals surface area contributed by atoms with Crippen molar-refractivity contribution in [1.82, 2.24) is 4.98 Å². The molecule has 0 unspecified atom stereocenters. The van der Waals surface area contributed by atoms with Crippen LogP contribution in [-0.4, -0.2) is 16.5 Å². The van der Waals surface area contributed by atoms with Gasteiger partial charge in [-0.2, -0.15) is 0 Å². The minimum atomic E-state index is -0.342. The first-order valence-electron chi connectivity index (χ1n) is 5.58. The van der Waals surface area contributed by atoms with Gasteiger partial charge in [0.2, 0.25) is 0 Å². The zero-order chi connectivity index (χ0) is 13.2. The Labute approximate surface area is 101 Å². The summed E-state index contributed by atoms with van der Waals surface area (Å²) in [6, 6.07) is 0. The first-order chi connectivity index (χ1) is 7.78. The van der Waals surface area contributed by atoms with Gasteiger partial charge in [-0.1, -0.05) is 13.8 Å². The predicted octanol–water partition coefficient (Wildman–Crippen LogP) is 2.13. The number of nitrogens with zero attached hydrogens (tertiary/aromatic N) is 2. The van der Waals surface area contributed by atoms with E-state index in [0.717, 1.165) is 5.69 Å². The van der Waals surface area contributed by atoms with E-state index in [2.05, 4.69) is 4.98 Å². The summed E-state index contributed by atoms with van der Waals surface area (Å²) in [4.78, 5) is 14.9. The lowest BCUT2D eigenvalue weighted by molar-refractivity contribution is -0.386. The van der Waals surface area contributed by atoms with E-state index in [-0.39, 0.29) is 16.0 Å². The van der Waals surface area contributed by atoms with Gasteiger partial charge in [0, 0.05) is 17.3 Å². The molecular weight excluding hydrogens is 218 g/mol. The number of nitro groups is 1. The monoisotopic (exact) mass is 237 g/mol. The SMILES string of the molecule is Cc1cnc(CC(C)(C)CN)c(C)c1[N+](=O)[O-]. The average Bonchev–Trinajstić information content (AvgIpc) is 2.22. The van der Waals surface area contributed by atoms with Crippen LogP contribution in [0.15, 0.2) is 6.20 Å². The maximum absolute atomic E-state index is 11.0. The van der Waals surface area contributed by atoms with Crippen LogP contribution in [0.2, 0.25) is 0 Å². The first kappa shape index (κ1) is 13.6. The van der Waals surface area contributed by atoms with Crippen LogP contribution in [0.5, 0.6) is 0 Å². The second kappa shape index (κ2) is 4.79. The molecule has 1 rings (SSSR count). The van der Waals surface area contributed by atoms with Crippen LogP contribution in [-0.2, 0) is 6.42 Å². The summed E-state index contributed by atoms with van der Waals surface area (Å²) >= 11 is 0. The molecule has 94 valence electrons. The molecule has 0 saturated carbocycles. The second-order valence-corrected chi connectivity index (χ2v) is 5.16. The molecule has 17 heavy (non-hydrogen) atoms. The fourth-order valence-corrected chi connectivity index (χ4v) is 1.75. The zero-order valence-electron chi connectivity index (χ0n) is 10.8. The third kappa shape index (κ3) is 3.00. The van der Waals surface area contributed by atoms with E-state index in [1.807, 2.05) is 13.8 Å². The van der Waals surface area contributed by atoms with Crippen molar-refractivity contribution < 1.29 is 4.92 Å². The van der Waals surface area contributed by atoms with Crippen LogP contribution in [0, 0.1) is 29.4 Å². The van der Waals surface area contributed by atoms with Crippen molar-refractivity contribution in [1.29, 1.82) is 0 Å². The van der Waals surface area contributed by atoms with Gasteiger partial charge in [0.05, 0.1) is 10.6 Å². The highest BCUT2D eigenvalue weighted by Gasteiger charge is 2.23. The van der Waals surface area contributed by atoms with Crippen molar-refractivity contribution in [3.63, 3.8) is 0 Å². The Kier molecular flexibility index (Phi) is 3.83. The van der Waals surface area contributed by atoms with E-state index in [1.165, 1.54) is 0 Å². The molecule has 0 atom stereocenters. The fourth-order valence-electron chi connectivity index (χ4n) is 1.75. The highest BCUT2D eigenvalue weighted by atomic mass is 16.6. The van der Waals surface area contributed by atoms with Gasteiger partial charge in [0.15, 0.2) is 0 Å². The Hall–Kier alpha value is -1.49. The summed E-state index contributed by atoms with van der Waals surface area (Å²) < 4.78 is 0. The molecule has 2 N–H and O–H groups in total. The summed E-state index contributed by atoms with van der Waals surface area (Å²) in [5.74, 6) is 0. The number of hydrogen-bond donors (Lipinski definition) is 1. The summed E-state index contributed by atoms with van der Waals surface area (Å²) in [6.45, 7) is 8.03. The third-order valence-corrected chi connectivity index (χ3v) is 2.96. The summed E-state index contributed by atoms with van der Waals surface area (Å²) in [7, 11) is 0. The topological polar surface area (TPSA) is 82.0 Å². The van der Waals surface area contributed by atoms with Crippen LogP contribution in [0.25, 0.3) is 0 Å². The molecular formula is C12H19N3O2. The van der Waals surface area contributed by atoms with Gasteiger partial charge >= 0.3 is 0 Å². The van der Waals surface area contributed by atoms with Crippen molar-refractivity contribution >= 4 is 5.69 Å². The van der Waals surface area contributed by atoms with Crippen molar-refractivity contribution in [2.24, 2.45) is 11.1 Å². The zero-order valence-corrected chi connectivity index (χ0v) is 10.8. The molecule has 1 aromatic rings. The second-order valence-electron chi connectivity index (χ2n) is 5.16. The summed E-state index contributed by atoms with van der Waals surface area (Å²) in [5.41, 5.74) is 7.75. The molecule has 0 fully saturated rings. The smallest absolute Gasteiger partial charge is 0.278 e. The standard InChI is InChI=1S/C12H19N3O2/c1-8-6-14-10(5-12(3,4)7-13)9(2)11(8)15(16)17/h6H,5,7,13H2,1-4H3. The number of pyridine rings is 1. The van der Waals surface area contributed by atoms with E-state index < -0.39 is 0 Å². The highest BCUT2D eigenvalue weighted by molar-refractivity contribution is 5.47. The minimum absolute atomic E-state index is 0.0963. The molecule has 5 nitrogen and oxygen atoms in total. The lowest BCUT2D eigenvalue weighted by atomic mass is 9.86. The van der Waals surface area contributed by atoms with E-state index >= 15 is 0 Å². The fraction of sp³-hybridized carbons (Fsp3) is 0.583. The molecule has 5 heteroatoms. The molecule has 1 heterocycles. The number of aromatic nitrogens is 1. The predicted molar refractivity (Wildman–Crippen MR) is 66.9 cm³/mol. The Morgan fingerprint density at radius 1 is 1.47 bits per heavy atom. The normalized spacial score (nSPS) is 11.6. The number of hydrogen-bond acceptors (Lipinski definition) is 4. The number of rotatable bonds is 4. The molecule has 0 amide bonds. The lowest BCUT2D eigenvalue weighted by Gasteiger charge is -2.22. The molecule has 0 spiro atoms. The maximum atomic E-state index is 11.0. The van der Waals surface area contributed by atoms with Gasteiger partial charge < -0.3 is 5.73 Å². The Bertz CT molecular complexity index is 442. The van der Waals surface area contributed by atoms with Gasteiger partial charge in [-0.05, 0) is 32.2 Å². The summed E-state index contributed by atoms with van der Waals surface area (Å²) in [5, 5.41) is 11.0. The van der Waals surface area contributed by atoms with Gasteiger partial charge in [-0.15, -0.1) is 0 Å². The van der Waals surface area contributed by atoms with Gasteiger partial charge in [0.25, 0.3) is 5.69 Å². The third-order valence-electron chi connectivity index (χ3n) is 2.96. The van der Waals surface area contributed by atoms with E-state index in [1.54, 1.807) is 20.0 Å². The lowest BCUT2D eigenvalue weighted by Crippen LogP contribution is -2.26.